The minimum Gasteiger partial charge on any atom is -0.493 e. The summed E-state index contributed by atoms with van der Waals surface area (Å²) in [6.07, 6.45) is 3.42. The molecule has 0 aliphatic heterocycles. The number of nitrogens with one attached hydrogen (secondary N) is 1. The van der Waals surface area contributed by atoms with Crippen LogP contribution in [0.1, 0.15) is 17.3 Å². The fourth-order valence-electron chi connectivity index (χ4n) is 4.30. The highest BCUT2D eigenvalue weighted by atomic mass is 16.5. The zero-order valence-electron chi connectivity index (χ0n) is 20.0. The number of nitrogens with zero attached hydrogens (tertiary/aromatic N) is 5. The van der Waals surface area contributed by atoms with Crippen molar-refractivity contribution in [3.05, 3.63) is 103 Å². The largest absolute Gasteiger partial charge is 0.493 e. The lowest BCUT2D eigenvalue weighted by atomic mass is 10.0. The van der Waals surface area contributed by atoms with Gasteiger partial charge in [0.1, 0.15) is 5.75 Å². The van der Waals surface area contributed by atoms with Gasteiger partial charge in [0.25, 0.3) is 5.91 Å². The van der Waals surface area contributed by atoms with Crippen LogP contribution < -0.4 is 10.1 Å². The highest BCUT2D eigenvalue weighted by Gasteiger charge is 2.17. The molecule has 3 heterocycles. The average molecular weight is 487 g/mol. The maximum atomic E-state index is 13.3. The number of fused-ring (bicyclic) bond motifs is 2. The molecule has 0 atom stereocenters. The highest BCUT2D eigenvalue weighted by molar-refractivity contribution is 6.15. The van der Waals surface area contributed by atoms with Gasteiger partial charge in [-0.25, -0.2) is 0 Å². The highest BCUT2D eigenvalue weighted by Crippen LogP contribution is 2.30. The molecule has 0 spiro atoms. The Morgan fingerprint density at radius 1 is 0.865 bits per heavy atom. The molecule has 8 heteroatoms. The van der Waals surface area contributed by atoms with Crippen molar-refractivity contribution in [1.82, 2.24) is 24.8 Å². The molecule has 0 fully saturated rings. The maximum Gasteiger partial charge on any atom is 0.260 e. The fraction of sp³-hybridized carbons (Fsp3) is 0.0690. The Morgan fingerprint density at radius 2 is 1.68 bits per heavy atom. The minimum atomic E-state index is -0.223. The number of pyridine rings is 1. The first-order chi connectivity index (χ1) is 18.2. The first-order valence-corrected chi connectivity index (χ1v) is 11.9. The van der Waals surface area contributed by atoms with Gasteiger partial charge in [-0.15, -0.1) is 10.2 Å². The first kappa shape index (κ1) is 22.4. The van der Waals surface area contributed by atoms with Crippen molar-refractivity contribution in [2.75, 3.05) is 11.9 Å². The number of anilines is 1. The average Bonchev–Trinajstić information content (AvgIpc) is 3.37. The van der Waals surface area contributed by atoms with E-state index in [0.29, 0.717) is 35.1 Å². The smallest absolute Gasteiger partial charge is 0.260 e. The molecule has 0 saturated carbocycles. The SMILES string of the molecule is CCOc1ccc2ccccc2c1C(=O)Nc1ccc(-c2ccc3nnc(-c4ccncc4)n3n2)cc1. The molecule has 0 aliphatic rings. The second kappa shape index (κ2) is 9.50. The molecule has 0 aliphatic carbocycles. The van der Waals surface area contributed by atoms with Gasteiger partial charge in [0.15, 0.2) is 11.5 Å². The van der Waals surface area contributed by atoms with Crippen LogP contribution in [0.4, 0.5) is 5.69 Å². The van der Waals surface area contributed by atoms with E-state index in [4.69, 9.17) is 9.84 Å². The molecule has 3 aromatic heterocycles. The third kappa shape index (κ3) is 4.25. The van der Waals surface area contributed by atoms with Gasteiger partial charge in [0, 0.05) is 29.2 Å². The molecular formula is C29H22N6O2. The zero-order chi connectivity index (χ0) is 25.2. The van der Waals surface area contributed by atoms with Crippen LogP contribution in [-0.4, -0.2) is 37.3 Å². The van der Waals surface area contributed by atoms with E-state index in [1.165, 1.54) is 0 Å². The summed E-state index contributed by atoms with van der Waals surface area (Å²) in [4.78, 5) is 17.4. The summed E-state index contributed by atoms with van der Waals surface area (Å²) in [6.45, 7) is 2.38. The van der Waals surface area contributed by atoms with Crippen molar-refractivity contribution in [3.63, 3.8) is 0 Å². The van der Waals surface area contributed by atoms with Crippen LogP contribution in [0.5, 0.6) is 5.75 Å². The number of aromatic nitrogens is 5. The normalized spacial score (nSPS) is 11.1. The molecule has 1 N–H and O–H groups in total. The molecule has 0 radical (unpaired) electrons. The Morgan fingerprint density at radius 3 is 2.49 bits per heavy atom. The van der Waals surface area contributed by atoms with E-state index >= 15 is 0 Å². The molecular weight excluding hydrogens is 464 g/mol. The summed E-state index contributed by atoms with van der Waals surface area (Å²) in [5.41, 5.74) is 4.38. The van der Waals surface area contributed by atoms with Crippen LogP contribution in [0, 0.1) is 0 Å². The molecule has 6 rings (SSSR count). The third-order valence-electron chi connectivity index (χ3n) is 6.06. The van der Waals surface area contributed by atoms with Gasteiger partial charge >= 0.3 is 0 Å². The number of hydrogen-bond acceptors (Lipinski definition) is 6. The van der Waals surface area contributed by atoms with Crippen molar-refractivity contribution in [1.29, 1.82) is 0 Å². The third-order valence-corrected chi connectivity index (χ3v) is 6.06. The Balaban J connectivity index is 1.29. The summed E-state index contributed by atoms with van der Waals surface area (Å²) < 4.78 is 7.48. The molecule has 37 heavy (non-hydrogen) atoms. The van der Waals surface area contributed by atoms with E-state index in [9.17, 15) is 4.79 Å². The van der Waals surface area contributed by atoms with E-state index in [0.717, 1.165) is 27.6 Å². The van der Waals surface area contributed by atoms with Crippen molar-refractivity contribution in [2.45, 2.75) is 6.92 Å². The summed E-state index contributed by atoms with van der Waals surface area (Å²) in [7, 11) is 0. The van der Waals surface area contributed by atoms with Gasteiger partial charge in [0.05, 0.1) is 17.9 Å². The van der Waals surface area contributed by atoms with Crippen LogP contribution in [0.25, 0.3) is 39.1 Å². The van der Waals surface area contributed by atoms with Crippen LogP contribution in [-0.2, 0) is 0 Å². The number of carbonyl (C=O) groups excluding carboxylic acids is 1. The van der Waals surface area contributed by atoms with Crippen molar-refractivity contribution in [3.8, 4) is 28.4 Å². The molecule has 6 aromatic rings. The predicted molar refractivity (Wildman–Crippen MR) is 143 cm³/mol. The Bertz CT molecular complexity index is 1730. The van der Waals surface area contributed by atoms with Crippen molar-refractivity contribution >= 4 is 28.0 Å². The van der Waals surface area contributed by atoms with E-state index in [1.54, 1.807) is 16.9 Å². The van der Waals surface area contributed by atoms with Crippen molar-refractivity contribution < 1.29 is 9.53 Å². The Kier molecular flexibility index (Phi) is 5.74. The number of rotatable bonds is 6. The molecule has 180 valence electrons. The number of hydrogen-bond donors (Lipinski definition) is 1. The molecule has 3 aromatic carbocycles. The standard InChI is InChI=1S/C29H22N6O2/c1-2-37-25-13-9-19-5-3-4-6-23(19)27(25)29(36)31-22-10-7-20(8-11-22)24-12-14-26-32-33-28(35(26)34-24)21-15-17-30-18-16-21/h3-18H,2H2,1H3,(H,31,36). The van der Waals surface area contributed by atoms with Gasteiger partial charge in [-0.1, -0.05) is 42.5 Å². The Labute approximate surface area is 212 Å². The summed E-state index contributed by atoms with van der Waals surface area (Å²) >= 11 is 0. The van der Waals surface area contributed by atoms with Gasteiger partial charge in [-0.3, -0.25) is 9.78 Å². The van der Waals surface area contributed by atoms with E-state index in [2.05, 4.69) is 20.5 Å². The second-order valence-corrected chi connectivity index (χ2v) is 8.37. The maximum absolute atomic E-state index is 13.3. The van der Waals surface area contributed by atoms with Gasteiger partial charge < -0.3 is 10.1 Å². The number of ether oxygens (including phenoxy) is 1. The van der Waals surface area contributed by atoms with E-state index in [-0.39, 0.29) is 5.91 Å². The summed E-state index contributed by atoms with van der Waals surface area (Å²) in [5, 5.41) is 18.1. The second-order valence-electron chi connectivity index (χ2n) is 8.37. The lowest BCUT2D eigenvalue weighted by molar-refractivity contribution is 0.102. The quantitative estimate of drug-likeness (QED) is 0.327. The Hall–Kier alpha value is -5.11. The summed E-state index contributed by atoms with van der Waals surface area (Å²) in [5.74, 6) is 0.981. The van der Waals surface area contributed by atoms with Crippen LogP contribution in [0.2, 0.25) is 0 Å². The number of benzene rings is 3. The van der Waals surface area contributed by atoms with Crippen molar-refractivity contribution in [2.24, 2.45) is 0 Å². The van der Waals surface area contributed by atoms with Gasteiger partial charge in [0.2, 0.25) is 0 Å². The lowest BCUT2D eigenvalue weighted by Crippen LogP contribution is -2.14. The first-order valence-electron chi connectivity index (χ1n) is 11.9. The molecule has 8 nitrogen and oxygen atoms in total. The zero-order valence-corrected chi connectivity index (χ0v) is 20.0. The fourth-order valence-corrected chi connectivity index (χ4v) is 4.30. The predicted octanol–water partition coefficient (Wildman–Crippen LogP) is 5.66. The van der Waals surface area contributed by atoms with Crippen LogP contribution >= 0.6 is 0 Å². The van der Waals surface area contributed by atoms with Crippen LogP contribution in [0.15, 0.2) is 97.3 Å². The van der Waals surface area contributed by atoms with E-state index < -0.39 is 0 Å². The summed E-state index contributed by atoms with van der Waals surface area (Å²) in [6, 6.07) is 26.7. The molecule has 1 amide bonds. The molecule has 0 saturated heterocycles. The topological polar surface area (TPSA) is 94.3 Å². The van der Waals surface area contributed by atoms with E-state index in [1.807, 2.05) is 91.9 Å². The van der Waals surface area contributed by atoms with Gasteiger partial charge in [-0.2, -0.15) is 9.61 Å². The minimum absolute atomic E-state index is 0.223. The van der Waals surface area contributed by atoms with Gasteiger partial charge in [-0.05, 0) is 60.2 Å². The number of carbonyl (C=O) groups is 1. The monoisotopic (exact) mass is 486 g/mol. The van der Waals surface area contributed by atoms with Crippen LogP contribution in [0.3, 0.4) is 0 Å². The molecule has 0 unspecified atom stereocenters. The lowest BCUT2D eigenvalue weighted by Gasteiger charge is -2.14. The molecule has 0 bridgehead atoms. The number of amides is 1.